The third-order valence-corrected chi connectivity index (χ3v) is 7.78. The van der Waals surface area contributed by atoms with Gasteiger partial charge in [0.15, 0.2) is 0 Å². The van der Waals surface area contributed by atoms with Crippen LogP contribution in [0.1, 0.15) is 36.0 Å². The normalized spacial score (nSPS) is 16.6. The Labute approximate surface area is 219 Å². The molecule has 6 nitrogen and oxygen atoms in total. The Kier molecular flexibility index (Phi) is 7.77. The van der Waals surface area contributed by atoms with Gasteiger partial charge in [0.1, 0.15) is 12.4 Å². The van der Waals surface area contributed by atoms with Crippen molar-refractivity contribution in [2.45, 2.75) is 38.8 Å². The quantitative estimate of drug-likeness (QED) is 0.433. The number of carbonyl (C=O) groups is 1. The number of hydrogen-bond donors (Lipinski definition) is 1. The third-order valence-electron chi connectivity index (χ3n) is 7.78. The van der Waals surface area contributed by atoms with Crippen LogP contribution in [0, 0.1) is 5.41 Å². The lowest BCUT2D eigenvalue weighted by Gasteiger charge is -2.39. The van der Waals surface area contributed by atoms with Crippen molar-refractivity contribution in [2.24, 2.45) is 11.1 Å². The lowest BCUT2D eigenvalue weighted by Crippen LogP contribution is -2.40. The molecule has 0 atom stereocenters. The summed E-state index contributed by atoms with van der Waals surface area (Å²) < 4.78 is 16.9. The number of rotatable bonds is 8. The lowest BCUT2D eigenvalue weighted by molar-refractivity contribution is -0.139. The molecule has 3 aromatic carbocycles. The van der Waals surface area contributed by atoms with E-state index >= 15 is 0 Å². The highest BCUT2D eigenvalue weighted by Crippen LogP contribution is 2.41. The maximum absolute atomic E-state index is 11.9. The van der Waals surface area contributed by atoms with Crippen molar-refractivity contribution in [3.05, 3.63) is 83.4 Å². The van der Waals surface area contributed by atoms with E-state index in [1.807, 2.05) is 24.3 Å². The first-order chi connectivity index (χ1) is 18.1. The van der Waals surface area contributed by atoms with Gasteiger partial charge in [-0.3, -0.25) is 4.79 Å². The van der Waals surface area contributed by atoms with E-state index < -0.39 is 0 Å². The van der Waals surface area contributed by atoms with Gasteiger partial charge in [0.05, 0.1) is 20.1 Å². The zero-order chi connectivity index (χ0) is 25.7. The van der Waals surface area contributed by atoms with E-state index in [1.54, 1.807) is 0 Å². The van der Waals surface area contributed by atoms with Crippen LogP contribution in [-0.4, -0.2) is 39.4 Å². The van der Waals surface area contributed by atoms with Crippen molar-refractivity contribution in [1.82, 2.24) is 0 Å². The molecule has 0 radical (unpaired) electrons. The summed E-state index contributed by atoms with van der Waals surface area (Å²) in [5, 5.41) is 0. The fourth-order valence-corrected chi connectivity index (χ4v) is 5.45. The second kappa shape index (κ2) is 11.4. The smallest absolute Gasteiger partial charge is 0.310 e. The molecule has 2 aliphatic rings. The number of nitrogens with zero attached hydrogens (tertiary/aromatic N) is 1. The number of piperidine rings is 1. The maximum atomic E-state index is 11.9. The largest absolute Gasteiger partial charge is 0.489 e. The molecule has 0 aromatic heterocycles. The van der Waals surface area contributed by atoms with Crippen LogP contribution < -0.4 is 15.4 Å². The Hall–Kier alpha value is -3.35. The van der Waals surface area contributed by atoms with Gasteiger partial charge in [-0.2, -0.15) is 0 Å². The molecule has 1 spiro atoms. The summed E-state index contributed by atoms with van der Waals surface area (Å²) in [6.07, 6.45) is 3.68. The number of nitrogens with two attached hydrogens (primary N) is 1. The molecular weight excluding hydrogens is 464 g/mol. The van der Waals surface area contributed by atoms with E-state index in [-0.39, 0.29) is 12.4 Å². The molecule has 0 saturated carbocycles. The van der Waals surface area contributed by atoms with E-state index in [0.717, 1.165) is 67.0 Å². The van der Waals surface area contributed by atoms with Gasteiger partial charge in [-0.15, -0.1) is 0 Å². The first-order valence-corrected chi connectivity index (χ1v) is 13.1. The number of benzene rings is 3. The summed E-state index contributed by atoms with van der Waals surface area (Å²) in [6, 6.07) is 22.8. The fourth-order valence-electron chi connectivity index (χ4n) is 5.45. The van der Waals surface area contributed by atoms with Crippen molar-refractivity contribution in [1.29, 1.82) is 0 Å². The van der Waals surface area contributed by atoms with Crippen molar-refractivity contribution < 1.29 is 19.0 Å². The van der Waals surface area contributed by atoms with E-state index in [9.17, 15) is 4.79 Å². The van der Waals surface area contributed by atoms with Crippen molar-refractivity contribution in [3.63, 3.8) is 0 Å². The van der Waals surface area contributed by atoms with Crippen molar-refractivity contribution in [3.8, 4) is 16.9 Å². The van der Waals surface area contributed by atoms with Crippen LogP contribution in [0.3, 0.4) is 0 Å². The van der Waals surface area contributed by atoms with E-state index in [2.05, 4.69) is 47.4 Å². The van der Waals surface area contributed by atoms with Crippen LogP contribution in [0.5, 0.6) is 5.75 Å². The minimum Gasteiger partial charge on any atom is -0.489 e. The minimum atomic E-state index is -0.282. The Morgan fingerprint density at radius 1 is 0.973 bits per heavy atom. The zero-order valence-corrected chi connectivity index (χ0v) is 21.6. The molecular formula is C31H36N2O4. The average Bonchev–Trinajstić information content (AvgIpc) is 3.40. The summed E-state index contributed by atoms with van der Waals surface area (Å²) in [5.41, 5.74) is 12.8. The number of esters is 1. The van der Waals surface area contributed by atoms with E-state index in [0.29, 0.717) is 24.3 Å². The van der Waals surface area contributed by atoms with Crippen molar-refractivity contribution >= 4 is 11.7 Å². The summed E-state index contributed by atoms with van der Waals surface area (Å²) in [6.45, 7) is 4.76. The van der Waals surface area contributed by atoms with Gasteiger partial charge < -0.3 is 24.8 Å². The lowest BCUT2D eigenvalue weighted by atomic mass is 9.78. The van der Waals surface area contributed by atoms with Gasteiger partial charge >= 0.3 is 5.97 Å². The van der Waals surface area contributed by atoms with E-state index in [1.165, 1.54) is 19.2 Å². The first-order valence-electron chi connectivity index (χ1n) is 13.1. The van der Waals surface area contributed by atoms with Crippen LogP contribution in [0.15, 0.2) is 66.7 Å². The second-order valence-corrected chi connectivity index (χ2v) is 10.2. The van der Waals surface area contributed by atoms with Gasteiger partial charge in [-0.1, -0.05) is 36.4 Å². The molecule has 2 fully saturated rings. The Balaban J connectivity index is 1.41. The zero-order valence-electron chi connectivity index (χ0n) is 21.6. The topological polar surface area (TPSA) is 74.0 Å². The molecule has 3 aromatic rings. The highest BCUT2D eigenvalue weighted by molar-refractivity contribution is 5.73. The number of ether oxygens (including phenoxy) is 3. The molecule has 0 bridgehead atoms. The molecule has 0 aliphatic carbocycles. The van der Waals surface area contributed by atoms with Crippen LogP contribution in [0.4, 0.5) is 5.69 Å². The van der Waals surface area contributed by atoms with Crippen molar-refractivity contribution in [2.75, 3.05) is 38.3 Å². The minimum absolute atomic E-state index is 0.184. The third kappa shape index (κ3) is 5.97. The maximum Gasteiger partial charge on any atom is 0.310 e. The second-order valence-electron chi connectivity index (χ2n) is 10.2. The highest BCUT2D eigenvalue weighted by Gasteiger charge is 2.38. The molecule has 5 rings (SSSR count). The van der Waals surface area contributed by atoms with Crippen LogP contribution in [-0.2, 0) is 33.8 Å². The Morgan fingerprint density at radius 3 is 2.54 bits per heavy atom. The molecule has 194 valence electrons. The molecule has 2 N–H and O–H groups in total. The molecule has 2 heterocycles. The number of hydrogen-bond acceptors (Lipinski definition) is 6. The average molecular weight is 501 g/mol. The Bertz CT molecular complexity index is 1230. The van der Waals surface area contributed by atoms with Gasteiger partial charge in [0, 0.05) is 37.5 Å². The van der Waals surface area contributed by atoms with Crippen LogP contribution in [0.2, 0.25) is 0 Å². The summed E-state index contributed by atoms with van der Waals surface area (Å²) in [5.74, 6) is 0.418. The van der Waals surface area contributed by atoms with Gasteiger partial charge in [-0.25, -0.2) is 0 Å². The van der Waals surface area contributed by atoms with E-state index in [4.69, 9.17) is 19.9 Å². The Morgan fingerprint density at radius 2 is 1.78 bits per heavy atom. The summed E-state index contributed by atoms with van der Waals surface area (Å²) >= 11 is 0. The fraction of sp³-hybridized carbons (Fsp3) is 0.387. The number of methoxy groups -OCH3 is 1. The molecule has 0 unspecified atom stereocenters. The van der Waals surface area contributed by atoms with Crippen LogP contribution >= 0.6 is 0 Å². The molecule has 37 heavy (non-hydrogen) atoms. The monoisotopic (exact) mass is 500 g/mol. The van der Waals surface area contributed by atoms with Gasteiger partial charge in [0.2, 0.25) is 0 Å². The number of anilines is 1. The molecule has 0 amide bonds. The predicted molar refractivity (Wildman–Crippen MR) is 146 cm³/mol. The molecule has 2 saturated heterocycles. The number of para-hydroxylation sites is 1. The molecule has 6 heteroatoms. The standard InChI is InChI=1S/C31H36N2O4/c1-35-30(34)19-26-6-2-3-8-29(26)37-21-24-16-27(25-7-4-5-23(15-25)20-32)18-28(17-24)33-12-9-31(10-13-33)11-14-36-22-31/h2-8,15-18H,9-14,19-22,32H2,1H3. The van der Waals surface area contributed by atoms with Gasteiger partial charge in [0.25, 0.3) is 0 Å². The van der Waals surface area contributed by atoms with Gasteiger partial charge in [-0.05, 0) is 77.3 Å². The van der Waals surface area contributed by atoms with Crippen LogP contribution in [0.25, 0.3) is 11.1 Å². The predicted octanol–water partition coefficient (Wildman–Crippen LogP) is 5.11. The first kappa shape index (κ1) is 25.3. The number of carbonyl (C=O) groups excluding carboxylic acids is 1. The molecule has 2 aliphatic heterocycles. The summed E-state index contributed by atoms with van der Waals surface area (Å²) in [7, 11) is 1.40. The summed E-state index contributed by atoms with van der Waals surface area (Å²) in [4.78, 5) is 14.4. The highest BCUT2D eigenvalue weighted by atomic mass is 16.5. The SMILES string of the molecule is COC(=O)Cc1ccccc1OCc1cc(-c2cccc(CN)c2)cc(N2CCC3(CCOC3)CC2)c1.